The average Bonchev–Trinajstić information content (AvgIpc) is 3.35. The van der Waals surface area contributed by atoms with Crippen LogP contribution in [0.25, 0.3) is 11.1 Å². The van der Waals surface area contributed by atoms with Crippen molar-refractivity contribution in [3.8, 4) is 11.1 Å². The molecular formula is C28H22Cl2F3NO5S. The van der Waals surface area contributed by atoms with Gasteiger partial charge in [-0.25, -0.2) is 8.42 Å². The smallest absolute Gasteiger partial charge is 0.449 e. The zero-order valence-corrected chi connectivity index (χ0v) is 23.0. The van der Waals surface area contributed by atoms with Crippen LogP contribution in [-0.4, -0.2) is 30.1 Å². The summed E-state index contributed by atoms with van der Waals surface area (Å²) in [5.41, 5.74) is 2.69. The van der Waals surface area contributed by atoms with Crippen LogP contribution < -0.4 is 0 Å². The largest absolute Gasteiger partial charge is 0.480 e. The fourth-order valence-electron chi connectivity index (χ4n) is 4.09. The number of furan rings is 1. The number of rotatable bonds is 10. The van der Waals surface area contributed by atoms with Crippen LogP contribution in [-0.2, 0) is 40.4 Å². The highest BCUT2D eigenvalue weighted by atomic mass is 35.5. The van der Waals surface area contributed by atoms with Crippen molar-refractivity contribution < 1.29 is 35.9 Å². The van der Waals surface area contributed by atoms with Gasteiger partial charge in [0.1, 0.15) is 5.76 Å². The first-order valence-electron chi connectivity index (χ1n) is 11.8. The van der Waals surface area contributed by atoms with Crippen LogP contribution in [0.4, 0.5) is 13.2 Å². The molecule has 0 radical (unpaired) electrons. The fraction of sp³-hybridized carbons (Fsp3) is 0.179. The Morgan fingerprint density at radius 3 is 2.10 bits per heavy atom. The molecule has 4 aromatic rings. The molecule has 0 aliphatic heterocycles. The molecule has 0 spiro atoms. The van der Waals surface area contributed by atoms with Crippen molar-refractivity contribution in [1.82, 2.24) is 4.90 Å². The lowest BCUT2D eigenvalue weighted by atomic mass is 10.0. The Hall–Kier alpha value is -3.31. The number of hydrogen-bond acceptors (Lipinski definition) is 5. The molecule has 40 heavy (non-hydrogen) atoms. The van der Waals surface area contributed by atoms with Crippen LogP contribution in [0.2, 0.25) is 10.0 Å². The van der Waals surface area contributed by atoms with Crippen LogP contribution >= 0.6 is 23.2 Å². The molecule has 4 rings (SSSR count). The third-order valence-electron chi connectivity index (χ3n) is 5.96. The molecule has 3 aromatic carbocycles. The Balaban J connectivity index is 1.58. The van der Waals surface area contributed by atoms with Gasteiger partial charge in [0, 0.05) is 28.7 Å². The number of carboxylic acids is 1. The molecule has 0 fully saturated rings. The highest BCUT2D eigenvalue weighted by molar-refractivity contribution is 7.92. The monoisotopic (exact) mass is 611 g/mol. The maximum atomic E-state index is 13.1. The summed E-state index contributed by atoms with van der Waals surface area (Å²) in [6, 6.07) is 20.3. The standard InChI is InChI=1S/C28H22Cl2F3NO5S/c29-24-5-2-6-25(30)23(24)16-34(15-21-11-12-26(39-21)28(31,32)33)14-18-7-9-19(10-8-18)20-3-1-4-22(13-20)40(37,38)17-27(35)36/h1-13H,14-17H2,(H,35,36). The highest BCUT2D eigenvalue weighted by Gasteiger charge is 2.35. The van der Waals surface area contributed by atoms with E-state index in [1.54, 1.807) is 48.5 Å². The third kappa shape index (κ3) is 7.45. The zero-order valence-electron chi connectivity index (χ0n) is 20.7. The van der Waals surface area contributed by atoms with Gasteiger partial charge in [-0.1, -0.05) is 65.7 Å². The molecule has 0 amide bonds. The molecule has 0 saturated heterocycles. The van der Waals surface area contributed by atoms with Gasteiger partial charge in [0.25, 0.3) is 0 Å². The highest BCUT2D eigenvalue weighted by Crippen LogP contribution is 2.32. The van der Waals surface area contributed by atoms with Gasteiger partial charge in [0.05, 0.1) is 11.4 Å². The molecule has 12 heteroatoms. The minimum absolute atomic E-state index is 0.0445. The summed E-state index contributed by atoms with van der Waals surface area (Å²) in [5.74, 6) is -3.43. The van der Waals surface area contributed by atoms with Gasteiger partial charge in [0.2, 0.25) is 5.76 Å². The molecule has 1 N–H and O–H groups in total. The lowest BCUT2D eigenvalue weighted by molar-refractivity contribution is -0.153. The second kappa shape index (κ2) is 12.1. The SMILES string of the molecule is O=C(O)CS(=O)(=O)c1cccc(-c2ccc(CN(Cc3ccc(C(F)(F)F)o3)Cc3c(Cl)cccc3Cl)cc2)c1. The summed E-state index contributed by atoms with van der Waals surface area (Å²) >= 11 is 12.7. The van der Waals surface area contributed by atoms with Gasteiger partial charge in [-0.3, -0.25) is 9.69 Å². The number of benzene rings is 3. The summed E-state index contributed by atoms with van der Waals surface area (Å²) < 4.78 is 68.9. The van der Waals surface area contributed by atoms with Crippen molar-refractivity contribution in [2.24, 2.45) is 0 Å². The first-order valence-corrected chi connectivity index (χ1v) is 14.2. The quantitative estimate of drug-likeness (QED) is 0.202. The number of aliphatic carboxylic acids is 1. The first-order chi connectivity index (χ1) is 18.8. The maximum Gasteiger partial charge on any atom is 0.449 e. The zero-order chi connectivity index (χ0) is 29.1. The van der Waals surface area contributed by atoms with Gasteiger partial charge < -0.3 is 9.52 Å². The normalized spacial score (nSPS) is 12.2. The van der Waals surface area contributed by atoms with E-state index in [0.717, 1.165) is 11.6 Å². The molecule has 0 saturated carbocycles. The van der Waals surface area contributed by atoms with E-state index < -0.39 is 33.5 Å². The van der Waals surface area contributed by atoms with Gasteiger partial charge >= 0.3 is 12.1 Å². The molecule has 6 nitrogen and oxygen atoms in total. The summed E-state index contributed by atoms with van der Waals surface area (Å²) in [7, 11) is -4.00. The van der Waals surface area contributed by atoms with E-state index in [1.165, 1.54) is 24.3 Å². The van der Waals surface area contributed by atoms with Crippen LogP contribution in [0.15, 0.2) is 88.2 Å². The number of alkyl halides is 3. The minimum atomic E-state index is -4.60. The van der Waals surface area contributed by atoms with Crippen molar-refractivity contribution in [2.75, 3.05) is 5.75 Å². The second-order valence-electron chi connectivity index (χ2n) is 8.99. The number of carbonyl (C=O) groups is 1. The van der Waals surface area contributed by atoms with Crippen molar-refractivity contribution in [2.45, 2.75) is 30.7 Å². The molecule has 0 bridgehead atoms. The Morgan fingerprint density at radius 1 is 0.850 bits per heavy atom. The van der Waals surface area contributed by atoms with Gasteiger partial charge in [-0.05, 0) is 53.1 Å². The van der Waals surface area contributed by atoms with E-state index in [2.05, 4.69) is 0 Å². The van der Waals surface area contributed by atoms with Crippen LogP contribution in [0, 0.1) is 0 Å². The first kappa shape index (κ1) is 29.7. The summed E-state index contributed by atoms with van der Waals surface area (Å²) in [6.45, 7) is 0.575. The lowest BCUT2D eigenvalue weighted by Crippen LogP contribution is -2.22. The van der Waals surface area contributed by atoms with Gasteiger partial charge in [0.15, 0.2) is 15.6 Å². The van der Waals surface area contributed by atoms with Crippen molar-refractivity contribution in [1.29, 1.82) is 0 Å². The van der Waals surface area contributed by atoms with Crippen molar-refractivity contribution >= 4 is 39.0 Å². The Kier molecular flexibility index (Phi) is 8.94. The number of nitrogens with zero attached hydrogens (tertiary/aromatic N) is 1. The van der Waals surface area contributed by atoms with E-state index in [0.29, 0.717) is 33.3 Å². The number of hydrogen-bond donors (Lipinski definition) is 1. The molecule has 1 heterocycles. The molecule has 1 aromatic heterocycles. The van der Waals surface area contributed by atoms with Gasteiger partial charge in [-0.2, -0.15) is 13.2 Å². The lowest BCUT2D eigenvalue weighted by Gasteiger charge is -2.23. The van der Waals surface area contributed by atoms with Crippen LogP contribution in [0.1, 0.15) is 22.6 Å². The van der Waals surface area contributed by atoms with Gasteiger partial charge in [-0.15, -0.1) is 0 Å². The maximum absolute atomic E-state index is 13.1. The van der Waals surface area contributed by atoms with Crippen LogP contribution in [0.5, 0.6) is 0 Å². The molecular weight excluding hydrogens is 590 g/mol. The number of sulfone groups is 1. The fourth-order valence-corrected chi connectivity index (χ4v) is 5.69. The van der Waals surface area contributed by atoms with E-state index in [1.807, 2.05) is 4.90 Å². The van der Waals surface area contributed by atoms with E-state index in [4.69, 9.17) is 32.7 Å². The minimum Gasteiger partial charge on any atom is -0.480 e. The summed E-state index contributed by atoms with van der Waals surface area (Å²) in [4.78, 5) is 12.7. The third-order valence-corrected chi connectivity index (χ3v) is 8.27. The van der Waals surface area contributed by atoms with E-state index in [-0.39, 0.29) is 23.7 Å². The predicted octanol–water partition coefficient (Wildman–Crippen LogP) is 7.33. The van der Waals surface area contributed by atoms with Crippen molar-refractivity contribution in [3.63, 3.8) is 0 Å². The number of carboxylic acid groups (broad SMARTS) is 1. The Labute approximate surface area is 238 Å². The molecule has 0 aliphatic carbocycles. The summed E-state index contributed by atoms with van der Waals surface area (Å²) in [6.07, 6.45) is -4.60. The molecule has 0 aliphatic rings. The van der Waals surface area contributed by atoms with Crippen LogP contribution in [0.3, 0.4) is 0 Å². The molecule has 0 atom stereocenters. The molecule has 0 unspecified atom stereocenters. The predicted molar refractivity (Wildman–Crippen MR) is 145 cm³/mol. The average molecular weight is 612 g/mol. The van der Waals surface area contributed by atoms with Crippen molar-refractivity contribution in [3.05, 3.63) is 112 Å². The topological polar surface area (TPSA) is 87.8 Å². The summed E-state index contributed by atoms with van der Waals surface area (Å²) in [5, 5.41) is 9.73. The van der Waals surface area contributed by atoms with E-state index >= 15 is 0 Å². The Morgan fingerprint density at radius 2 is 1.50 bits per heavy atom. The second-order valence-corrected chi connectivity index (χ2v) is 11.8. The molecule has 210 valence electrons. The number of halogens is 5. The van der Waals surface area contributed by atoms with E-state index in [9.17, 15) is 26.4 Å². The Bertz CT molecular complexity index is 1600.